The second-order valence-electron chi connectivity index (χ2n) is 4.82. The van der Waals surface area contributed by atoms with Crippen LogP contribution in [0.15, 0.2) is 60.7 Å². The SMILES string of the molecule is Cc1ccccc1[C@@H](C)[NH3+].O=C([O-])/C=C/c1ccccc1. The summed E-state index contributed by atoms with van der Waals surface area (Å²) < 4.78 is 0. The first-order chi connectivity index (χ1) is 10.0. The molecule has 0 bridgehead atoms. The van der Waals surface area contributed by atoms with Crippen molar-refractivity contribution >= 4 is 12.0 Å². The van der Waals surface area contributed by atoms with Gasteiger partial charge in [0.1, 0.15) is 6.04 Å². The highest BCUT2D eigenvalue weighted by Gasteiger charge is 2.03. The fourth-order valence-electron chi connectivity index (χ4n) is 1.87. The summed E-state index contributed by atoms with van der Waals surface area (Å²) in [4.78, 5) is 9.97. The number of carboxylic acid groups (broad SMARTS) is 1. The third-order valence-corrected chi connectivity index (χ3v) is 2.93. The largest absolute Gasteiger partial charge is 0.545 e. The molecule has 0 amide bonds. The average Bonchev–Trinajstić information content (AvgIpc) is 2.47. The van der Waals surface area contributed by atoms with Crippen molar-refractivity contribution in [1.29, 1.82) is 0 Å². The van der Waals surface area contributed by atoms with Crippen molar-refractivity contribution in [1.82, 2.24) is 0 Å². The Balaban J connectivity index is 0.000000211. The number of carbonyl (C=O) groups excluding carboxylic acids is 1. The number of carbonyl (C=O) groups is 1. The van der Waals surface area contributed by atoms with Crippen molar-refractivity contribution in [2.24, 2.45) is 0 Å². The van der Waals surface area contributed by atoms with Crippen molar-refractivity contribution in [3.8, 4) is 0 Å². The summed E-state index contributed by atoms with van der Waals surface area (Å²) >= 11 is 0. The number of quaternary nitrogens is 1. The molecule has 0 fully saturated rings. The Morgan fingerprint density at radius 3 is 2.14 bits per heavy atom. The first-order valence-corrected chi connectivity index (χ1v) is 6.83. The zero-order valence-corrected chi connectivity index (χ0v) is 12.5. The Morgan fingerprint density at radius 2 is 1.67 bits per heavy atom. The maximum Gasteiger partial charge on any atom is 0.107 e. The molecule has 0 aliphatic rings. The number of hydrogen-bond donors (Lipinski definition) is 1. The van der Waals surface area contributed by atoms with Gasteiger partial charge in [0, 0.05) is 5.56 Å². The molecule has 0 heterocycles. The Hall–Kier alpha value is -2.39. The van der Waals surface area contributed by atoms with E-state index in [1.54, 1.807) is 0 Å². The standard InChI is InChI=1S/C9H13N.C9H8O2/c1-7-5-3-4-6-9(7)8(2)10;10-9(11)7-6-8-4-2-1-3-5-8/h3-6,8H,10H2,1-2H3;1-7H,(H,10,11)/b;7-6+/t8-;/m1./s1. The van der Waals surface area contributed by atoms with Crippen LogP contribution in [0.1, 0.15) is 29.7 Å². The number of aryl methyl sites for hydroxylation is 1. The van der Waals surface area contributed by atoms with Gasteiger partial charge in [0.2, 0.25) is 0 Å². The number of hydrogen-bond acceptors (Lipinski definition) is 2. The number of aliphatic carboxylic acids is 1. The van der Waals surface area contributed by atoms with Gasteiger partial charge in [0.25, 0.3) is 0 Å². The minimum Gasteiger partial charge on any atom is -0.545 e. The zero-order chi connectivity index (χ0) is 15.7. The van der Waals surface area contributed by atoms with Gasteiger partial charge in [-0.1, -0.05) is 60.7 Å². The molecule has 0 aliphatic carbocycles. The Bertz CT molecular complexity index is 589. The monoisotopic (exact) mass is 283 g/mol. The van der Waals surface area contributed by atoms with Crippen molar-refractivity contribution < 1.29 is 15.6 Å². The molecule has 2 aromatic carbocycles. The van der Waals surface area contributed by atoms with Gasteiger partial charge in [0.15, 0.2) is 0 Å². The van der Waals surface area contributed by atoms with Gasteiger partial charge in [0.05, 0.1) is 5.97 Å². The Labute approximate surface area is 125 Å². The summed E-state index contributed by atoms with van der Waals surface area (Å²) in [5.74, 6) is -1.17. The van der Waals surface area contributed by atoms with E-state index >= 15 is 0 Å². The molecule has 0 aliphatic heterocycles. The van der Waals surface area contributed by atoms with Crippen molar-refractivity contribution in [2.45, 2.75) is 19.9 Å². The van der Waals surface area contributed by atoms with Gasteiger partial charge in [-0.25, -0.2) is 0 Å². The summed E-state index contributed by atoms with van der Waals surface area (Å²) in [6.07, 6.45) is 2.50. The molecule has 3 nitrogen and oxygen atoms in total. The molecule has 110 valence electrons. The topological polar surface area (TPSA) is 67.8 Å². The molecule has 21 heavy (non-hydrogen) atoms. The highest BCUT2D eigenvalue weighted by atomic mass is 16.4. The van der Waals surface area contributed by atoms with E-state index in [4.69, 9.17) is 0 Å². The summed E-state index contributed by atoms with van der Waals surface area (Å²) in [7, 11) is 0. The minimum atomic E-state index is -1.17. The maximum atomic E-state index is 9.97. The summed E-state index contributed by atoms with van der Waals surface area (Å²) in [6.45, 7) is 4.24. The third kappa shape index (κ3) is 6.54. The highest BCUT2D eigenvalue weighted by Crippen LogP contribution is 2.11. The van der Waals surface area contributed by atoms with Gasteiger partial charge in [-0.05, 0) is 31.1 Å². The van der Waals surface area contributed by atoms with Crippen molar-refractivity contribution in [3.05, 3.63) is 77.4 Å². The first-order valence-electron chi connectivity index (χ1n) is 6.83. The molecule has 0 saturated heterocycles. The fourth-order valence-corrected chi connectivity index (χ4v) is 1.87. The van der Waals surface area contributed by atoms with E-state index < -0.39 is 5.97 Å². The summed E-state index contributed by atoms with van der Waals surface area (Å²) in [5.41, 5.74) is 7.52. The van der Waals surface area contributed by atoms with E-state index in [1.165, 1.54) is 17.2 Å². The van der Waals surface area contributed by atoms with Crippen LogP contribution in [-0.2, 0) is 4.79 Å². The van der Waals surface area contributed by atoms with Crippen LogP contribution < -0.4 is 10.8 Å². The lowest BCUT2D eigenvalue weighted by Crippen LogP contribution is -2.52. The molecule has 0 radical (unpaired) electrons. The Kier molecular flexibility index (Phi) is 6.92. The molecule has 0 spiro atoms. The van der Waals surface area contributed by atoms with Crippen LogP contribution in [0.5, 0.6) is 0 Å². The van der Waals surface area contributed by atoms with E-state index in [0.717, 1.165) is 11.6 Å². The third-order valence-electron chi connectivity index (χ3n) is 2.93. The molecular formula is C18H21NO2. The average molecular weight is 283 g/mol. The van der Waals surface area contributed by atoms with E-state index in [1.807, 2.05) is 30.3 Å². The van der Waals surface area contributed by atoms with Gasteiger partial charge in [-0.15, -0.1) is 0 Å². The quantitative estimate of drug-likeness (QED) is 0.872. The van der Waals surface area contributed by atoms with Crippen LogP contribution >= 0.6 is 0 Å². The van der Waals surface area contributed by atoms with E-state index in [9.17, 15) is 9.90 Å². The minimum absolute atomic E-state index is 0.404. The second-order valence-corrected chi connectivity index (χ2v) is 4.82. The lowest BCUT2D eigenvalue weighted by Gasteiger charge is -2.04. The molecule has 2 aromatic rings. The predicted molar refractivity (Wildman–Crippen MR) is 83.0 cm³/mol. The molecule has 3 heteroatoms. The lowest BCUT2D eigenvalue weighted by atomic mass is 10.0. The summed E-state index contributed by atoms with van der Waals surface area (Å²) in [5, 5.41) is 9.97. The van der Waals surface area contributed by atoms with E-state index in [0.29, 0.717) is 6.04 Å². The molecule has 1 atom stereocenters. The Morgan fingerprint density at radius 1 is 1.10 bits per heavy atom. The lowest BCUT2D eigenvalue weighted by molar-refractivity contribution is -0.420. The molecule has 0 saturated carbocycles. The molecule has 0 unspecified atom stereocenters. The van der Waals surface area contributed by atoms with Crippen LogP contribution in [0.4, 0.5) is 0 Å². The highest BCUT2D eigenvalue weighted by molar-refractivity contribution is 5.83. The molecule has 0 aromatic heterocycles. The van der Waals surface area contributed by atoms with E-state index in [-0.39, 0.29) is 0 Å². The zero-order valence-electron chi connectivity index (χ0n) is 12.5. The second kappa shape index (κ2) is 8.72. The van der Waals surface area contributed by atoms with Crippen molar-refractivity contribution in [3.63, 3.8) is 0 Å². The number of benzene rings is 2. The van der Waals surface area contributed by atoms with Crippen LogP contribution in [0, 0.1) is 6.92 Å². The van der Waals surface area contributed by atoms with Crippen LogP contribution in [-0.4, -0.2) is 5.97 Å². The first kappa shape index (κ1) is 16.7. The van der Waals surface area contributed by atoms with E-state index in [2.05, 4.69) is 43.8 Å². The predicted octanol–water partition coefficient (Wildman–Crippen LogP) is 1.75. The van der Waals surface area contributed by atoms with Gasteiger partial charge >= 0.3 is 0 Å². The van der Waals surface area contributed by atoms with Crippen LogP contribution in [0.2, 0.25) is 0 Å². The van der Waals surface area contributed by atoms with Gasteiger partial charge in [-0.2, -0.15) is 0 Å². The fraction of sp³-hybridized carbons (Fsp3) is 0.167. The van der Waals surface area contributed by atoms with Crippen LogP contribution in [0.25, 0.3) is 6.08 Å². The maximum absolute atomic E-state index is 9.97. The van der Waals surface area contributed by atoms with Crippen molar-refractivity contribution in [2.75, 3.05) is 0 Å². The number of carboxylic acids is 1. The summed E-state index contributed by atoms with van der Waals surface area (Å²) in [6, 6.07) is 18.0. The molecule has 3 N–H and O–H groups in total. The van der Waals surface area contributed by atoms with Gasteiger partial charge < -0.3 is 15.6 Å². The molecular weight excluding hydrogens is 262 g/mol. The van der Waals surface area contributed by atoms with Crippen LogP contribution in [0.3, 0.4) is 0 Å². The van der Waals surface area contributed by atoms with Gasteiger partial charge in [-0.3, -0.25) is 0 Å². The molecule has 2 rings (SSSR count). The smallest absolute Gasteiger partial charge is 0.107 e. The normalized spacial score (nSPS) is 11.6. The number of rotatable bonds is 3.